The first-order valence-electron chi connectivity index (χ1n) is 1.06. The van der Waals surface area contributed by atoms with E-state index in [1.807, 2.05) is 17.2 Å². The second-order valence-corrected chi connectivity index (χ2v) is 2.72. The number of halogens is 1. The van der Waals surface area contributed by atoms with E-state index in [0.717, 1.165) is 0 Å². The minimum Gasteiger partial charge on any atom is -0.254 e. The van der Waals surface area contributed by atoms with Crippen molar-refractivity contribution in [3.63, 3.8) is 0 Å². The van der Waals surface area contributed by atoms with Crippen molar-refractivity contribution in [2.24, 2.45) is 0 Å². The molecule has 0 aliphatic rings. The van der Waals surface area contributed by atoms with E-state index in [2.05, 4.69) is 22.9 Å². The summed E-state index contributed by atoms with van der Waals surface area (Å²) < 4.78 is 1.97. The van der Waals surface area contributed by atoms with Crippen molar-refractivity contribution in [3.05, 3.63) is 0 Å². The molecule has 0 aliphatic heterocycles. The smallest absolute Gasteiger partial charge is 0.0195 e. The molecular weight excluding hydrogens is 165 g/mol. The molecule has 0 saturated carbocycles. The van der Waals surface area contributed by atoms with Crippen LogP contribution in [0.1, 0.15) is 0 Å². The zero-order valence-corrected chi connectivity index (χ0v) is 4.98. The van der Waals surface area contributed by atoms with Gasteiger partial charge in [0.1, 0.15) is 0 Å². The third-order valence-electron chi connectivity index (χ3n) is 0. The van der Waals surface area contributed by atoms with Crippen LogP contribution in [0.4, 0.5) is 0 Å². The summed E-state index contributed by atoms with van der Waals surface area (Å²) in [7, 11) is 3.97. The van der Waals surface area contributed by atoms with E-state index < -0.39 is 0 Å². The Morgan fingerprint density at radius 2 is 1.50 bits per heavy atom. The summed E-state index contributed by atoms with van der Waals surface area (Å²) >= 11 is 2.18. The highest BCUT2D eigenvalue weighted by molar-refractivity contribution is 14.1. The first-order valence-corrected chi connectivity index (χ1v) is 2.03. The van der Waals surface area contributed by atoms with Gasteiger partial charge in [-0.25, -0.2) is 0 Å². The van der Waals surface area contributed by atoms with Gasteiger partial charge in [-0.15, -0.1) is 0 Å². The minimum atomic E-state index is 1.97. The Kier molecular flexibility index (Phi) is 2.30. The molecule has 0 aromatic carbocycles. The van der Waals surface area contributed by atoms with Crippen LogP contribution in [0.15, 0.2) is 0 Å². The predicted molar refractivity (Wildman–Crippen MR) is 27.7 cm³/mol. The van der Waals surface area contributed by atoms with Crippen molar-refractivity contribution in [3.8, 4) is 0 Å². The number of hydrogen-bond acceptors (Lipinski definition) is 1. The Bertz CT molecular complexity index is 10.8. The molecule has 0 unspecified atom stereocenters. The average molecular weight is 171 g/mol. The van der Waals surface area contributed by atoms with Gasteiger partial charge in [-0.3, -0.25) is 3.11 Å². The Labute approximate surface area is 40.5 Å². The van der Waals surface area contributed by atoms with Gasteiger partial charge in [0.25, 0.3) is 0 Å². The summed E-state index contributed by atoms with van der Waals surface area (Å²) in [6.45, 7) is 0. The van der Waals surface area contributed by atoms with Crippen molar-refractivity contribution in [2.75, 3.05) is 14.1 Å². The minimum absolute atomic E-state index is 1.97. The highest BCUT2D eigenvalue weighted by Gasteiger charge is 1.61. The number of nitrogens with zero attached hydrogens (tertiary/aromatic N) is 1. The van der Waals surface area contributed by atoms with E-state index in [1.165, 1.54) is 0 Å². The van der Waals surface area contributed by atoms with Gasteiger partial charge < -0.3 is 0 Å². The molecule has 0 bridgehead atoms. The summed E-state index contributed by atoms with van der Waals surface area (Å²) in [6, 6.07) is 0. The molecule has 26 valence electrons. The van der Waals surface area contributed by atoms with E-state index in [-0.39, 0.29) is 0 Å². The molecule has 0 saturated heterocycles. The normalized spacial score (nSPS) is 9.00. The van der Waals surface area contributed by atoms with Crippen LogP contribution in [0.5, 0.6) is 0 Å². The summed E-state index contributed by atoms with van der Waals surface area (Å²) in [5.41, 5.74) is 0. The maximum Gasteiger partial charge on any atom is 0.0195 e. The van der Waals surface area contributed by atoms with Gasteiger partial charge >= 0.3 is 0 Å². The fourth-order valence-corrected chi connectivity index (χ4v) is 0. The van der Waals surface area contributed by atoms with Crippen LogP contribution in [0.3, 0.4) is 0 Å². The van der Waals surface area contributed by atoms with Crippen LogP contribution in [-0.4, -0.2) is 17.2 Å². The van der Waals surface area contributed by atoms with Gasteiger partial charge in [0, 0.05) is 22.9 Å². The lowest BCUT2D eigenvalue weighted by Gasteiger charge is -1.86. The van der Waals surface area contributed by atoms with Crippen molar-refractivity contribution in [2.45, 2.75) is 0 Å². The fraction of sp³-hybridized carbons (Fsp3) is 1.00. The van der Waals surface area contributed by atoms with Crippen molar-refractivity contribution < 1.29 is 0 Å². The first kappa shape index (κ1) is 4.69. The molecule has 0 aliphatic carbocycles. The van der Waals surface area contributed by atoms with Crippen LogP contribution in [0, 0.1) is 0 Å². The molecular formula is C2H6IN. The maximum absolute atomic E-state index is 2.18. The van der Waals surface area contributed by atoms with Crippen molar-refractivity contribution in [1.29, 1.82) is 0 Å². The van der Waals surface area contributed by atoms with E-state index in [0.29, 0.717) is 0 Å². The summed E-state index contributed by atoms with van der Waals surface area (Å²) in [4.78, 5) is 0. The molecule has 0 heterocycles. The van der Waals surface area contributed by atoms with Crippen LogP contribution >= 0.6 is 22.9 Å². The standard InChI is InChI=1S/C2H6IN/c1-4(2)3/h1-2H3. The summed E-state index contributed by atoms with van der Waals surface area (Å²) in [5, 5.41) is 0. The van der Waals surface area contributed by atoms with Gasteiger partial charge in [-0.2, -0.15) is 0 Å². The average Bonchev–Trinajstić information content (AvgIpc) is 0.811. The Morgan fingerprint density at radius 1 is 1.50 bits per heavy atom. The Balaban J connectivity index is 2.32. The fourth-order valence-electron chi connectivity index (χ4n) is 0. The zero-order chi connectivity index (χ0) is 3.58. The van der Waals surface area contributed by atoms with Gasteiger partial charge in [-0.05, 0) is 14.1 Å². The highest BCUT2D eigenvalue weighted by atomic mass is 127. The third-order valence-corrected chi connectivity index (χ3v) is 0. The molecule has 0 aromatic rings. The maximum atomic E-state index is 2.18. The monoisotopic (exact) mass is 171 g/mol. The molecule has 2 heteroatoms. The van der Waals surface area contributed by atoms with Crippen LogP contribution in [0.2, 0.25) is 0 Å². The van der Waals surface area contributed by atoms with Gasteiger partial charge in [-0.1, -0.05) is 0 Å². The van der Waals surface area contributed by atoms with Crippen molar-refractivity contribution in [1.82, 2.24) is 3.11 Å². The lowest BCUT2D eigenvalue weighted by molar-refractivity contribution is 0.760. The van der Waals surface area contributed by atoms with Crippen LogP contribution < -0.4 is 0 Å². The summed E-state index contributed by atoms with van der Waals surface area (Å²) in [5.74, 6) is 0. The van der Waals surface area contributed by atoms with E-state index in [9.17, 15) is 0 Å². The second-order valence-electron chi connectivity index (χ2n) is 0.785. The third kappa shape index (κ3) is 16.1. The van der Waals surface area contributed by atoms with E-state index >= 15 is 0 Å². The van der Waals surface area contributed by atoms with Crippen LogP contribution in [0.25, 0.3) is 0 Å². The lowest BCUT2D eigenvalue weighted by atomic mass is 11.3. The van der Waals surface area contributed by atoms with Gasteiger partial charge in [0.15, 0.2) is 0 Å². The SMILES string of the molecule is CN(C)I. The van der Waals surface area contributed by atoms with Crippen LogP contribution in [-0.2, 0) is 0 Å². The molecule has 0 N–H and O–H groups in total. The van der Waals surface area contributed by atoms with Crippen molar-refractivity contribution >= 4 is 22.9 Å². The molecule has 0 amide bonds. The largest absolute Gasteiger partial charge is 0.254 e. The molecule has 0 fully saturated rings. The zero-order valence-electron chi connectivity index (χ0n) is 2.83. The Hall–Kier alpha value is 0.690. The van der Waals surface area contributed by atoms with Gasteiger partial charge in [0.05, 0.1) is 0 Å². The molecule has 4 heavy (non-hydrogen) atoms. The Morgan fingerprint density at radius 3 is 1.50 bits per heavy atom. The lowest BCUT2D eigenvalue weighted by Crippen LogP contribution is -1.88. The van der Waals surface area contributed by atoms with E-state index in [1.54, 1.807) is 0 Å². The highest BCUT2D eigenvalue weighted by Crippen LogP contribution is 1.79. The quantitative estimate of drug-likeness (QED) is 0.386. The molecule has 0 spiro atoms. The number of hydrogen-bond donors (Lipinski definition) is 0. The molecule has 0 atom stereocenters. The molecule has 0 aromatic heterocycles. The van der Waals surface area contributed by atoms with E-state index in [4.69, 9.17) is 0 Å². The molecule has 0 radical (unpaired) electrons. The first-order chi connectivity index (χ1) is 1.73. The second kappa shape index (κ2) is 1.96. The predicted octanol–water partition coefficient (Wildman–Crippen LogP) is 0.898. The molecule has 1 nitrogen and oxygen atoms in total. The van der Waals surface area contributed by atoms with Gasteiger partial charge in [0.2, 0.25) is 0 Å². The summed E-state index contributed by atoms with van der Waals surface area (Å²) in [6.07, 6.45) is 0. The number of rotatable bonds is 0. The topological polar surface area (TPSA) is 3.24 Å². The molecule has 0 rings (SSSR count).